The zero-order valence-electron chi connectivity index (χ0n) is 6.88. The maximum absolute atomic E-state index is 9.24. The van der Waals surface area contributed by atoms with Crippen molar-refractivity contribution < 1.29 is 9.84 Å². The SMILES string of the molecule is OCC1(C[C@H]2CO2)CCCC1. The van der Waals surface area contributed by atoms with E-state index in [0.717, 1.165) is 13.0 Å². The standard InChI is InChI=1S/C9H16O2/c10-7-9(3-1-2-4-9)5-8-6-11-8/h8,10H,1-7H2/t8-/m0/s1. The summed E-state index contributed by atoms with van der Waals surface area (Å²) >= 11 is 0. The van der Waals surface area contributed by atoms with Crippen molar-refractivity contribution in [2.75, 3.05) is 13.2 Å². The molecule has 2 heteroatoms. The van der Waals surface area contributed by atoms with Crippen molar-refractivity contribution in [3.05, 3.63) is 0 Å². The van der Waals surface area contributed by atoms with E-state index in [-0.39, 0.29) is 5.41 Å². The molecule has 1 saturated carbocycles. The van der Waals surface area contributed by atoms with Gasteiger partial charge in [0, 0.05) is 6.61 Å². The number of hydrogen-bond acceptors (Lipinski definition) is 2. The molecule has 1 atom stereocenters. The van der Waals surface area contributed by atoms with Gasteiger partial charge in [0.2, 0.25) is 0 Å². The van der Waals surface area contributed by atoms with Crippen LogP contribution in [0.15, 0.2) is 0 Å². The van der Waals surface area contributed by atoms with Crippen LogP contribution in [0.3, 0.4) is 0 Å². The first-order chi connectivity index (χ1) is 5.35. The lowest BCUT2D eigenvalue weighted by Gasteiger charge is -2.24. The summed E-state index contributed by atoms with van der Waals surface area (Å²) < 4.78 is 5.19. The van der Waals surface area contributed by atoms with Crippen LogP contribution < -0.4 is 0 Å². The Bertz CT molecular complexity index is 134. The van der Waals surface area contributed by atoms with Crippen LogP contribution in [0.1, 0.15) is 32.1 Å². The van der Waals surface area contributed by atoms with Gasteiger partial charge in [0.25, 0.3) is 0 Å². The van der Waals surface area contributed by atoms with Crippen molar-refractivity contribution in [1.82, 2.24) is 0 Å². The quantitative estimate of drug-likeness (QED) is 0.625. The molecule has 2 rings (SSSR count). The molecular weight excluding hydrogens is 140 g/mol. The second kappa shape index (κ2) is 2.76. The van der Waals surface area contributed by atoms with E-state index in [9.17, 15) is 5.11 Å². The van der Waals surface area contributed by atoms with E-state index in [1.54, 1.807) is 0 Å². The molecule has 0 spiro atoms. The van der Waals surface area contributed by atoms with Gasteiger partial charge in [0.1, 0.15) is 0 Å². The maximum atomic E-state index is 9.24. The summed E-state index contributed by atoms with van der Waals surface area (Å²) in [5.41, 5.74) is 0.251. The Balaban J connectivity index is 1.91. The Morgan fingerprint density at radius 3 is 2.45 bits per heavy atom. The van der Waals surface area contributed by atoms with E-state index in [1.165, 1.54) is 25.7 Å². The van der Waals surface area contributed by atoms with Gasteiger partial charge in [-0.1, -0.05) is 12.8 Å². The first-order valence-corrected chi connectivity index (χ1v) is 4.57. The Morgan fingerprint density at radius 2 is 2.00 bits per heavy atom. The highest BCUT2D eigenvalue weighted by Gasteiger charge is 2.39. The van der Waals surface area contributed by atoms with E-state index in [4.69, 9.17) is 4.74 Å². The smallest absolute Gasteiger partial charge is 0.0816 e. The summed E-state index contributed by atoms with van der Waals surface area (Å²) in [7, 11) is 0. The van der Waals surface area contributed by atoms with E-state index in [1.807, 2.05) is 0 Å². The molecule has 1 saturated heterocycles. The summed E-state index contributed by atoms with van der Waals surface area (Å²) in [6, 6.07) is 0. The van der Waals surface area contributed by atoms with Gasteiger partial charge < -0.3 is 9.84 Å². The predicted molar refractivity (Wildman–Crippen MR) is 42.3 cm³/mol. The normalized spacial score (nSPS) is 34.1. The molecule has 0 aromatic heterocycles. The first-order valence-electron chi connectivity index (χ1n) is 4.57. The lowest BCUT2D eigenvalue weighted by molar-refractivity contribution is 0.110. The highest BCUT2D eigenvalue weighted by molar-refractivity contribution is 4.89. The molecule has 2 nitrogen and oxygen atoms in total. The number of ether oxygens (including phenoxy) is 1. The molecule has 0 bridgehead atoms. The fourth-order valence-electron chi connectivity index (χ4n) is 2.22. The zero-order chi connectivity index (χ0) is 7.73. The van der Waals surface area contributed by atoms with Gasteiger partial charge >= 0.3 is 0 Å². The van der Waals surface area contributed by atoms with Crippen molar-refractivity contribution in [3.63, 3.8) is 0 Å². The fourth-order valence-corrected chi connectivity index (χ4v) is 2.22. The van der Waals surface area contributed by atoms with Crippen LogP contribution in [-0.4, -0.2) is 24.4 Å². The molecule has 64 valence electrons. The molecule has 2 fully saturated rings. The minimum Gasteiger partial charge on any atom is -0.396 e. The van der Waals surface area contributed by atoms with Gasteiger partial charge in [-0.2, -0.15) is 0 Å². The van der Waals surface area contributed by atoms with Crippen LogP contribution in [0, 0.1) is 5.41 Å². The Labute approximate surface area is 67.6 Å². The molecule has 1 N–H and O–H groups in total. The minimum absolute atomic E-state index is 0.251. The highest BCUT2D eigenvalue weighted by Crippen LogP contribution is 2.43. The fraction of sp³-hybridized carbons (Fsp3) is 1.00. The highest BCUT2D eigenvalue weighted by atomic mass is 16.6. The monoisotopic (exact) mass is 156 g/mol. The average molecular weight is 156 g/mol. The van der Waals surface area contributed by atoms with E-state index in [2.05, 4.69) is 0 Å². The van der Waals surface area contributed by atoms with Gasteiger partial charge in [-0.3, -0.25) is 0 Å². The van der Waals surface area contributed by atoms with E-state index >= 15 is 0 Å². The molecule has 1 heterocycles. The van der Waals surface area contributed by atoms with E-state index in [0.29, 0.717) is 12.7 Å². The van der Waals surface area contributed by atoms with Crippen molar-refractivity contribution in [3.8, 4) is 0 Å². The third-order valence-electron chi connectivity index (χ3n) is 3.06. The minimum atomic E-state index is 0.251. The van der Waals surface area contributed by atoms with Crippen molar-refractivity contribution in [1.29, 1.82) is 0 Å². The number of epoxide rings is 1. The summed E-state index contributed by atoms with van der Waals surface area (Å²) in [5.74, 6) is 0. The van der Waals surface area contributed by atoms with Crippen LogP contribution >= 0.6 is 0 Å². The summed E-state index contributed by atoms with van der Waals surface area (Å²) in [6.45, 7) is 1.30. The van der Waals surface area contributed by atoms with Crippen LogP contribution in [0.2, 0.25) is 0 Å². The molecule has 1 aliphatic carbocycles. The lowest BCUT2D eigenvalue weighted by Crippen LogP contribution is -2.23. The molecule has 0 amide bonds. The molecule has 0 aromatic rings. The molecule has 2 aliphatic rings. The number of aliphatic hydroxyl groups is 1. The van der Waals surface area contributed by atoms with Crippen LogP contribution in [-0.2, 0) is 4.74 Å². The van der Waals surface area contributed by atoms with Gasteiger partial charge in [0.05, 0.1) is 12.7 Å². The van der Waals surface area contributed by atoms with Crippen LogP contribution in [0.5, 0.6) is 0 Å². The Morgan fingerprint density at radius 1 is 1.36 bits per heavy atom. The molecular formula is C9H16O2. The Hall–Kier alpha value is -0.0800. The van der Waals surface area contributed by atoms with Crippen molar-refractivity contribution in [2.24, 2.45) is 5.41 Å². The zero-order valence-corrected chi connectivity index (χ0v) is 6.88. The summed E-state index contributed by atoms with van der Waals surface area (Å²) in [6.07, 6.45) is 6.61. The Kier molecular flexibility index (Phi) is 1.90. The summed E-state index contributed by atoms with van der Waals surface area (Å²) in [4.78, 5) is 0. The molecule has 11 heavy (non-hydrogen) atoms. The predicted octanol–water partition coefficient (Wildman–Crippen LogP) is 1.33. The van der Waals surface area contributed by atoms with Gasteiger partial charge in [0.15, 0.2) is 0 Å². The lowest BCUT2D eigenvalue weighted by atomic mass is 9.82. The topological polar surface area (TPSA) is 32.8 Å². The van der Waals surface area contributed by atoms with Crippen LogP contribution in [0.25, 0.3) is 0 Å². The molecule has 0 radical (unpaired) electrons. The van der Waals surface area contributed by atoms with Gasteiger partial charge in [-0.15, -0.1) is 0 Å². The average Bonchev–Trinajstić information content (AvgIpc) is 2.68. The largest absolute Gasteiger partial charge is 0.396 e. The van der Waals surface area contributed by atoms with Crippen LogP contribution in [0.4, 0.5) is 0 Å². The number of aliphatic hydroxyl groups excluding tert-OH is 1. The molecule has 1 aliphatic heterocycles. The first kappa shape index (κ1) is 7.56. The van der Waals surface area contributed by atoms with Crippen molar-refractivity contribution >= 4 is 0 Å². The van der Waals surface area contributed by atoms with Gasteiger partial charge in [-0.25, -0.2) is 0 Å². The summed E-state index contributed by atoms with van der Waals surface area (Å²) in [5, 5.41) is 9.24. The molecule has 0 aromatic carbocycles. The maximum Gasteiger partial charge on any atom is 0.0816 e. The third-order valence-corrected chi connectivity index (χ3v) is 3.06. The third kappa shape index (κ3) is 1.57. The number of rotatable bonds is 3. The van der Waals surface area contributed by atoms with Gasteiger partial charge in [-0.05, 0) is 24.7 Å². The molecule has 0 unspecified atom stereocenters. The second-order valence-corrected chi connectivity index (χ2v) is 4.02. The number of hydrogen-bond donors (Lipinski definition) is 1. The van der Waals surface area contributed by atoms with Crippen molar-refractivity contribution in [2.45, 2.75) is 38.2 Å². The second-order valence-electron chi connectivity index (χ2n) is 4.02. The van der Waals surface area contributed by atoms with E-state index < -0.39 is 0 Å².